The van der Waals surface area contributed by atoms with Gasteiger partial charge in [-0.05, 0) is 52.5 Å². The molecule has 0 aromatic rings. The summed E-state index contributed by atoms with van der Waals surface area (Å²) in [7, 11) is 1.83. The lowest BCUT2D eigenvalue weighted by atomic mass is 10.2. The lowest BCUT2D eigenvalue weighted by Crippen LogP contribution is -2.41. The summed E-state index contributed by atoms with van der Waals surface area (Å²) < 4.78 is 0. The highest BCUT2D eigenvalue weighted by Crippen LogP contribution is 2.05. The summed E-state index contributed by atoms with van der Waals surface area (Å²) >= 11 is 1.89. The third-order valence-corrected chi connectivity index (χ3v) is 3.95. The number of guanidine groups is 1. The predicted octanol–water partition coefficient (Wildman–Crippen LogP) is 2.41. The first-order chi connectivity index (χ1) is 9.52. The van der Waals surface area contributed by atoms with E-state index in [4.69, 9.17) is 0 Å². The largest absolute Gasteiger partial charge is 0.356 e. The number of rotatable bonds is 10. The van der Waals surface area contributed by atoms with Gasteiger partial charge in [-0.2, -0.15) is 11.8 Å². The van der Waals surface area contributed by atoms with E-state index < -0.39 is 0 Å². The molecule has 0 amide bonds. The Kier molecular flexibility index (Phi) is 12.1. The van der Waals surface area contributed by atoms with Gasteiger partial charge < -0.3 is 10.6 Å². The van der Waals surface area contributed by atoms with E-state index in [9.17, 15) is 0 Å². The van der Waals surface area contributed by atoms with Crippen LogP contribution in [-0.2, 0) is 0 Å². The zero-order valence-corrected chi connectivity index (χ0v) is 15.0. The number of thioether (sulfide) groups is 1. The average Bonchev–Trinajstić information content (AvgIpc) is 2.39. The second kappa shape index (κ2) is 12.3. The fraction of sp³-hybridized carbons (Fsp3) is 0.933. The van der Waals surface area contributed by atoms with Crippen LogP contribution in [0.1, 0.15) is 40.5 Å². The van der Waals surface area contributed by atoms with Crippen molar-refractivity contribution in [1.29, 1.82) is 0 Å². The summed E-state index contributed by atoms with van der Waals surface area (Å²) in [5.41, 5.74) is 0. The second-order valence-corrected chi connectivity index (χ2v) is 6.54. The monoisotopic (exact) mass is 302 g/mol. The van der Waals surface area contributed by atoms with Gasteiger partial charge in [0.25, 0.3) is 0 Å². The molecule has 20 heavy (non-hydrogen) atoms. The van der Waals surface area contributed by atoms with Gasteiger partial charge in [0.1, 0.15) is 0 Å². The van der Waals surface area contributed by atoms with Crippen molar-refractivity contribution in [3.63, 3.8) is 0 Å². The summed E-state index contributed by atoms with van der Waals surface area (Å²) in [4.78, 5) is 6.77. The summed E-state index contributed by atoms with van der Waals surface area (Å²) in [5.74, 6) is 2.12. The molecule has 0 aromatic heterocycles. The van der Waals surface area contributed by atoms with Gasteiger partial charge in [-0.3, -0.25) is 9.89 Å². The highest BCUT2D eigenvalue weighted by Gasteiger charge is 2.12. The molecule has 0 aliphatic heterocycles. The van der Waals surface area contributed by atoms with Crippen molar-refractivity contribution in [1.82, 2.24) is 15.5 Å². The van der Waals surface area contributed by atoms with Crippen molar-refractivity contribution in [2.45, 2.75) is 52.6 Å². The SMILES string of the molecule is CN=C(NCCCSC)NCCCN(C(C)C)C(C)C. The van der Waals surface area contributed by atoms with Gasteiger partial charge in [0.2, 0.25) is 0 Å². The zero-order chi connectivity index (χ0) is 15.4. The Hall–Kier alpha value is -0.420. The quantitative estimate of drug-likeness (QED) is 0.369. The van der Waals surface area contributed by atoms with Crippen LogP contribution in [0.2, 0.25) is 0 Å². The van der Waals surface area contributed by atoms with E-state index in [0.29, 0.717) is 12.1 Å². The Morgan fingerprint density at radius 3 is 2.05 bits per heavy atom. The van der Waals surface area contributed by atoms with Crippen LogP contribution in [0.25, 0.3) is 0 Å². The number of aliphatic imine (C=N–C) groups is 1. The summed E-state index contributed by atoms with van der Waals surface area (Å²) in [5, 5.41) is 6.73. The molecule has 0 rings (SSSR count). The molecular formula is C15H34N4S. The molecule has 0 spiro atoms. The molecule has 5 heteroatoms. The first kappa shape index (κ1) is 19.6. The molecule has 0 aromatic carbocycles. The Labute approximate surface area is 130 Å². The van der Waals surface area contributed by atoms with Crippen LogP contribution in [0.15, 0.2) is 4.99 Å². The van der Waals surface area contributed by atoms with E-state index in [1.54, 1.807) is 0 Å². The zero-order valence-electron chi connectivity index (χ0n) is 14.2. The fourth-order valence-electron chi connectivity index (χ4n) is 2.23. The van der Waals surface area contributed by atoms with E-state index in [2.05, 4.69) is 54.5 Å². The lowest BCUT2D eigenvalue weighted by Gasteiger charge is -2.30. The van der Waals surface area contributed by atoms with Crippen LogP contribution < -0.4 is 10.6 Å². The molecule has 2 N–H and O–H groups in total. The minimum Gasteiger partial charge on any atom is -0.356 e. The van der Waals surface area contributed by atoms with Gasteiger partial charge in [-0.25, -0.2) is 0 Å². The van der Waals surface area contributed by atoms with Crippen LogP contribution in [-0.4, -0.2) is 61.6 Å². The van der Waals surface area contributed by atoms with E-state index in [1.807, 2.05) is 18.8 Å². The number of hydrogen-bond acceptors (Lipinski definition) is 3. The Balaban J connectivity index is 3.79. The van der Waals surface area contributed by atoms with Crippen LogP contribution >= 0.6 is 11.8 Å². The van der Waals surface area contributed by atoms with Crippen LogP contribution in [0.4, 0.5) is 0 Å². The molecular weight excluding hydrogens is 268 g/mol. The summed E-state index contributed by atoms with van der Waals surface area (Å²) in [6.07, 6.45) is 4.46. The molecule has 0 fully saturated rings. The maximum Gasteiger partial charge on any atom is 0.190 e. The fourth-order valence-corrected chi connectivity index (χ4v) is 2.66. The minimum atomic E-state index is 0.610. The topological polar surface area (TPSA) is 39.7 Å². The smallest absolute Gasteiger partial charge is 0.190 e. The molecule has 120 valence electrons. The Morgan fingerprint density at radius 2 is 1.60 bits per heavy atom. The van der Waals surface area contributed by atoms with Crippen molar-refractivity contribution in [3.8, 4) is 0 Å². The number of nitrogens with one attached hydrogen (secondary N) is 2. The molecule has 0 heterocycles. The lowest BCUT2D eigenvalue weighted by molar-refractivity contribution is 0.173. The first-order valence-corrected chi connectivity index (χ1v) is 9.11. The standard InChI is InChI=1S/C15H34N4S/c1-13(2)19(14(3)4)11-7-9-17-15(16-5)18-10-8-12-20-6/h13-14H,7-12H2,1-6H3,(H2,16,17,18). The highest BCUT2D eigenvalue weighted by atomic mass is 32.2. The van der Waals surface area contributed by atoms with Crippen molar-refractivity contribution >= 4 is 17.7 Å². The third kappa shape index (κ3) is 9.48. The molecule has 0 saturated heterocycles. The maximum absolute atomic E-state index is 4.25. The van der Waals surface area contributed by atoms with E-state index in [0.717, 1.165) is 32.0 Å². The third-order valence-electron chi connectivity index (χ3n) is 3.25. The van der Waals surface area contributed by atoms with E-state index >= 15 is 0 Å². The van der Waals surface area contributed by atoms with E-state index in [-0.39, 0.29) is 0 Å². The van der Waals surface area contributed by atoms with Crippen molar-refractivity contribution in [2.75, 3.05) is 38.7 Å². The van der Waals surface area contributed by atoms with Crippen LogP contribution in [0, 0.1) is 0 Å². The maximum atomic E-state index is 4.25. The molecule has 0 saturated carbocycles. The van der Waals surface area contributed by atoms with Crippen LogP contribution in [0.5, 0.6) is 0 Å². The summed E-state index contributed by atoms with van der Waals surface area (Å²) in [6, 6.07) is 1.22. The van der Waals surface area contributed by atoms with Gasteiger partial charge in [0, 0.05) is 38.8 Å². The molecule has 0 bridgehead atoms. The molecule has 0 atom stereocenters. The van der Waals surface area contributed by atoms with Crippen molar-refractivity contribution < 1.29 is 0 Å². The molecule has 0 aliphatic carbocycles. The van der Waals surface area contributed by atoms with Gasteiger partial charge in [0.15, 0.2) is 5.96 Å². The molecule has 4 nitrogen and oxygen atoms in total. The number of nitrogens with zero attached hydrogens (tertiary/aromatic N) is 2. The average molecular weight is 303 g/mol. The Morgan fingerprint density at radius 1 is 1.05 bits per heavy atom. The van der Waals surface area contributed by atoms with Gasteiger partial charge in [-0.1, -0.05) is 0 Å². The van der Waals surface area contributed by atoms with Crippen molar-refractivity contribution in [2.24, 2.45) is 4.99 Å². The van der Waals surface area contributed by atoms with Gasteiger partial charge >= 0.3 is 0 Å². The van der Waals surface area contributed by atoms with Gasteiger partial charge in [-0.15, -0.1) is 0 Å². The number of hydrogen-bond donors (Lipinski definition) is 2. The predicted molar refractivity (Wildman–Crippen MR) is 94.0 cm³/mol. The van der Waals surface area contributed by atoms with Crippen LogP contribution in [0.3, 0.4) is 0 Å². The van der Waals surface area contributed by atoms with Crippen molar-refractivity contribution in [3.05, 3.63) is 0 Å². The normalized spacial score (nSPS) is 12.6. The summed E-state index contributed by atoms with van der Waals surface area (Å²) in [6.45, 7) is 12.1. The second-order valence-electron chi connectivity index (χ2n) is 5.55. The molecule has 0 aliphatic rings. The molecule has 0 radical (unpaired) electrons. The first-order valence-electron chi connectivity index (χ1n) is 7.72. The highest BCUT2D eigenvalue weighted by molar-refractivity contribution is 7.98. The minimum absolute atomic E-state index is 0.610. The van der Waals surface area contributed by atoms with Gasteiger partial charge in [0.05, 0.1) is 0 Å². The van der Waals surface area contributed by atoms with E-state index in [1.165, 1.54) is 12.2 Å². The molecule has 0 unspecified atom stereocenters. The Bertz CT molecular complexity index is 246.